The fourth-order valence-corrected chi connectivity index (χ4v) is 2.69. The third-order valence-electron chi connectivity index (χ3n) is 3.77. The van der Waals surface area contributed by atoms with Gasteiger partial charge in [0.2, 0.25) is 0 Å². The molecule has 0 aliphatic carbocycles. The quantitative estimate of drug-likeness (QED) is 0.541. The highest BCUT2D eigenvalue weighted by Gasteiger charge is 2.07. The van der Waals surface area contributed by atoms with Crippen molar-refractivity contribution in [1.82, 2.24) is 9.97 Å². The van der Waals surface area contributed by atoms with E-state index in [0.717, 1.165) is 21.9 Å². The van der Waals surface area contributed by atoms with Crippen molar-refractivity contribution in [2.75, 3.05) is 0 Å². The van der Waals surface area contributed by atoms with Crippen LogP contribution in [0.15, 0.2) is 65.6 Å². The Morgan fingerprint density at radius 2 is 1.64 bits per heavy atom. The highest BCUT2D eigenvalue weighted by Crippen LogP contribution is 2.26. The molecular weight excluding hydrogens is 279 g/mol. The lowest BCUT2D eigenvalue weighted by Crippen LogP contribution is -2.07. The van der Waals surface area contributed by atoms with Crippen LogP contribution in [-0.4, -0.2) is 9.97 Å². The molecule has 2 aromatic heterocycles. The van der Waals surface area contributed by atoms with Crippen molar-refractivity contribution in [2.45, 2.75) is 0 Å². The van der Waals surface area contributed by atoms with Crippen molar-refractivity contribution in [3.63, 3.8) is 0 Å². The van der Waals surface area contributed by atoms with Gasteiger partial charge < -0.3 is 4.98 Å². The minimum atomic E-state index is -0.278. The molecule has 2 aromatic carbocycles. The SMILES string of the molecule is O=c1[nH]c2ncccc2c2ccc(-c3ccc(F)cc3)cc12. The molecule has 4 aromatic rings. The summed E-state index contributed by atoms with van der Waals surface area (Å²) in [6.07, 6.45) is 1.65. The number of hydrogen-bond acceptors (Lipinski definition) is 2. The van der Waals surface area contributed by atoms with Gasteiger partial charge in [-0.05, 0) is 46.8 Å². The zero-order chi connectivity index (χ0) is 15.1. The molecule has 0 saturated carbocycles. The van der Waals surface area contributed by atoms with Gasteiger partial charge in [-0.25, -0.2) is 9.37 Å². The first kappa shape index (κ1) is 12.7. The van der Waals surface area contributed by atoms with E-state index < -0.39 is 0 Å². The third kappa shape index (κ3) is 1.97. The Labute approximate surface area is 125 Å². The van der Waals surface area contributed by atoms with Crippen LogP contribution in [0.4, 0.5) is 4.39 Å². The molecule has 0 saturated heterocycles. The Bertz CT molecular complexity index is 1050. The van der Waals surface area contributed by atoms with E-state index in [0.29, 0.717) is 11.0 Å². The average molecular weight is 290 g/mol. The molecule has 2 heterocycles. The van der Waals surface area contributed by atoms with Gasteiger partial charge in [0.1, 0.15) is 11.5 Å². The Hall–Kier alpha value is -3.01. The lowest BCUT2D eigenvalue weighted by molar-refractivity contribution is 0.628. The minimum absolute atomic E-state index is 0.176. The number of aromatic amines is 1. The number of benzene rings is 2. The summed E-state index contributed by atoms with van der Waals surface area (Å²) >= 11 is 0. The standard InChI is InChI=1S/C18H11FN2O/c19-13-6-3-11(4-7-13)12-5-8-14-15-2-1-9-20-17(15)21-18(22)16(14)10-12/h1-10H,(H,20,21,22). The van der Waals surface area contributed by atoms with Gasteiger partial charge in [0.05, 0.1) is 0 Å². The van der Waals surface area contributed by atoms with Crippen LogP contribution in [-0.2, 0) is 0 Å². The van der Waals surface area contributed by atoms with Crippen molar-refractivity contribution in [1.29, 1.82) is 0 Å². The third-order valence-corrected chi connectivity index (χ3v) is 3.77. The average Bonchev–Trinajstić information content (AvgIpc) is 2.55. The van der Waals surface area contributed by atoms with E-state index in [1.54, 1.807) is 18.3 Å². The maximum Gasteiger partial charge on any atom is 0.257 e. The summed E-state index contributed by atoms with van der Waals surface area (Å²) in [6.45, 7) is 0. The van der Waals surface area contributed by atoms with E-state index in [9.17, 15) is 9.18 Å². The van der Waals surface area contributed by atoms with Gasteiger partial charge in [0.15, 0.2) is 0 Å². The number of H-pyrrole nitrogens is 1. The molecule has 22 heavy (non-hydrogen) atoms. The molecule has 0 aliphatic rings. The minimum Gasteiger partial charge on any atom is -0.306 e. The van der Waals surface area contributed by atoms with Crippen molar-refractivity contribution in [2.24, 2.45) is 0 Å². The van der Waals surface area contributed by atoms with Gasteiger partial charge in [0, 0.05) is 17.0 Å². The van der Waals surface area contributed by atoms with E-state index in [-0.39, 0.29) is 11.4 Å². The van der Waals surface area contributed by atoms with Crippen LogP contribution in [0.1, 0.15) is 0 Å². The van der Waals surface area contributed by atoms with Crippen LogP contribution >= 0.6 is 0 Å². The molecule has 0 radical (unpaired) electrons. The van der Waals surface area contributed by atoms with Crippen molar-refractivity contribution >= 4 is 21.8 Å². The molecule has 0 spiro atoms. The largest absolute Gasteiger partial charge is 0.306 e. The smallest absolute Gasteiger partial charge is 0.257 e. The highest BCUT2D eigenvalue weighted by molar-refractivity contribution is 6.05. The summed E-state index contributed by atoms with van der Waals surface area (Å²) in [6, 6.07) is 15.7. The van der Waals surface area contributed by atoms with Crippen LogP contribution in [0.25, 0.3) is 32.9 Å². The zero-order valence-corrected chi connectivity index (χ0v) is 11.5. The van der Waals surface area contributed by atoms with E-state index in [1.807, 2.05) is 30.3 Å². The molecule has 0 unspecified atom stereocenters. The second-order valence-corrected chi connectivity index (χ2v) is 5.12. The maximum absolute atomic E-state index is 13.0. The van der Waals surface area contributed by atoms with Crippen molar-refractivity contribution < 1.29 is 4.39 Å². The van der Waals surface area contributed by atoms with Gasteiger partial charge in [-0.1, -0.05) is 24.3 Å². The zero-order valence-electron chi connectivity index (χ0n) is 11.5. The summed E-state index contributed by atoms with van der Waals surface area (Å²) in [5.41, 5.74) is 2.15. The number of pyridine rings is 2. The van der Waals surface area contributed by atoms with E-state index >= 15 is 0 Å². The molecule has 1 N–H and O–H groups in total. The van der Waals surface area contributed by atoms with Crippen molar-refractivity contribution in [3.05, 3.63) is 77.0 Å². The normalized spacial score (nSPS) is 11.1. The summed E-state index contributed by atoms with van der Waals surface area (Å²) in [5.74, 6) is -0.278. The van der Waals surface area contributed by atoms with Gasteiger partial charge >= 0.3 is 0 Å². The number of fused-ring (bicyclic) bond motifs is 3. The van der Waals surface area contributed by atoms with Crippen LogP contribution in [0.5, 0.6) is 0 Å². The Morgan fingerprint density at radius 3 is 2.45 bits per heavy atom. The lowest BCUT2D eigenvalue weighted by atomic mass is 10.0. The molecule has 106 valence electrons. The van der Waals surface area contributed by atoms with Gasteiger partial charge in [0.25, 0.3) is 5.56 Å². The predicted octanol–water partition coefficient (Wildman–Crippen LogP) is 3.88. The molecule has 0 fully saturated rings. The summed E-state index contributed by atoms with van der Waals surface area (Å²) in [5, 5.41) is 2.36. The first-order valence-electron chi connectivity index (χ1n) is 6.89. The van der Waals surface area contributed by atoms with Crippen LogP contribution in [0.2, 0.25) is 0 Å². The number of aromatic nitrogens is 2. The topological polar surface area (TPSA) is 45.8 Å². The number of nitrogens with zero attached hydrogens (tertiary/aromatic N) is 1. The number of hydrogen-bond donors (Lipinski definition) is 1. The van der Waals surface area contributed by atoms with Crippen LogP contribution < -0.4 is 5.56 Å². The van der Waals surface area contributed by atoms with Crippen LogP contribution in [0, 0.1) is 5.82 Å². The Balaban J connectivity index is 2.02. The summed E-state index contributed by atoms with van der Waals surface area (Å²) in [4.78, 5) is 19.3. The second kappa shape index (κ2) is 4.77. The fraction of sp³-hybridized carbons (Fsp3) is 0. The van der Waals surface area contributed by atoms with E-state index in [4.69, 9.17) is 0 Å². The fourth-order valence-electron chi connectivity index (χ4n) is 2.69. The van der Waals surface area contributed by atoms with Crippen molar-refractivity contribution in [3.8, 4) is 11.1 Å². The number of halogens is 1. The monoisotopic (exact) mass is 290 g/mol. The molecule has 0 amide bonds. The molecule has 0 bridgehead atoms. The second-order valence-electron chi connectivity index (χ2n) is 5.12. The van der Waals surface area contributed by atoms with E-state index in [2.05, 4.69) is 9.97 Å². The van der Waals surface area contributed by atoms with Crippen LogP contribution in [0.3, 0.4) is 0 Å². The van der Waals surface area contributed by atoms with Gasteiger partial charge in [-0.15, -0.1) is 0 Å². The van der Waals surface area contributed by atoms with Gasteiger partial charge in [-0.2, -0.15) is 0 Å². The molecule has 0 aliphatic heterocycles. The maximum atomic E-state index is 13.0. The Kier molecular flexibility index (Phi) is 2.76. The summed E-state index contributed by atoms with van der Waals surface area (Å²) < 4.78 is 13.0. The Morgan fingerprint density at radius 1 is 0.864 bits per heavy atom. The first-order valence-corrected chi connectivity index (χ1v) is 6.89. The predicted molar refractivity (Wildman–Crippen MR) is 85.3 cm³/mol. The molecule has 4 rings (SSSR count). The molecule has 0 atom stereocenters. The molecular formula is C18H11FN2O. The first-order chi connectivity index (χ1) is 10.7. The van der Waals surface area contributed by atoms with E-state index in [1.165, 1.54) is 12.1 Å². The molecule has 3 nitrogen and oxygen atoms in total. The lowest BCUT2D eigenvalue weighted by Gasteiger charge is -2.06. The summed E-state index contributed by atoms with van der Waals surface area (Å²) in [7, 11) is 0. The molecule has 4 heteroatoms. The van der Waals surface area contributed by atoms with Gasteiger partial charge in [-0.3, -0.25) is 4.79 Å². The highest BCUT2D eigenvalue weighted by atomic mass is 19.1. The number of rotatable bonds is 1. The number of nitrogens with one attached hydrogen (secondary N) is 1.